The van der Waals surface area contributed by atoms with Gasteiger partial charge in [-0.15, -0.1) is 0 Å². The van der Waals surface area contributed by atoms with E-state index in [-0.39, 0.29) is 24.5 Å². The molecule has 1 N–H and O–H groups in total. The topological polar surface area (TPSA) is 52.7 Å². The molecule has 33 heavy (non-hydrogen) atoms. The highest BCUT2D eigenvalue weighted by Gasteiger charge is 2.17. The van der Waals surface area contributed by atoms with Crippen molar-refractivity contribution in [3.8, 4) is 0 Å². The molecule has 0 saturated carbocycles. The number of carbonyl (C=O) groups is 2. The number of ketones is 1. The Morgan fingerprint density at radius 3 is 1.73 bits per heavy atom. The van der Waals surface area contributed by atoms with Crippen molar-refractivity contribution in [3.05, 3.63) is 102 Å². The molecule has 0 unspecified atom stereocenters. The van der Waals surface area contributed by atoms with Crippen LogP contribution in [0.4, 0.5) is 5.69 Å². The van der Waals surface area contributed by atoms with Gasteiger partial charge in [0.15, 0.2) is 5.78 Å². The Morgan fingerprint density at radius 1 is 0.636 bits per heavy atom. The number of benzene rings is 3. The van der Waals surface area contributed by atoms with E-state index in [1.807, 2.05) is 30.3 Å². The monoisotopic (exact) mass is 441 g/mol. The molecule has 0 bridgehead atoms. The number of anilines is 1. The molecule has 1 amide bonds. The Hall–Kier alpha value is -3.28. The first kappa shape index (κ1) is 22.9. The van der Waals surface area contributed by atoms with Gasteiger partial charge in [0.1, 0.15) is 0 Å². The van der Waals surface area contributed by atoms with Gasteiger partial charge in [0, 0.05) is 63.4 Å². The molecular formula is C28H31N3O2. The lowest BCUT2D eigenvalue weighted by Gasteiger charge is -2.34. The van der Waals surface area contributed by atoms with Crippen molar-refractivity contribution in [2.75, 3.05) is 31.5 Å². The molecule has 1 aliphatic rings. The molecule has 0 aromatic heterocycles. The quantitative estimate of drug-likeness (QED) is 0.493. The number of nitrogens with one attached hydrogen (secondary N) is 1. The van der Waals surface area contributed by atoms with Crippen molar-refractivity contribution in [3.63, 3.8) is 0 Å². The second-order valence-electron chi connectivity index (χ2n) is 8.57. The second kappa shape index (κ2) is 11.5. The smallest absolute Gasteiger partial charge is 0.224 e. The number of piperazine rings is 1. The summed E-state index contributed by atoms with van der Waals surface area (Å²) in [6.45, 7) is 6.19. The lowest BCUT2D eigenvalue weighted by molar-refractivity contribution is -0.116. The maximum atomic E-state index is 12.2. The van der Waals surface area contributed by atoms with Gasteiger partial charge in [0.05, 0.1) is 0 Å². The van der Waals surface area contributed by atoms with Crippen LogP contribution in [0.1, 0.15) is 34.3 Å². The number of Topliss-reactive ketones (excluding diaryl/α,β-unsaturated/α-hetero) is 1. The number of hydrogen-bond donors (Lipinski definition) is 1. The molecule has 5 nitrogen and oxygen atoms in total. The fourth-order valence-electron chi connectivity index (χ4n) is 4.12. The van der Waals surface area contributed by atoms with Crippen LogP contribution in [-0.2, 0) is 17.9 Å². The van der Waals surface area contributed by atoms with Crippen LogP contribution in [0.5, 0.6) is 0 Å². The predicted octanol–water partition coefficient (Wildman–Crippen LogP) is 4.61. The van der Waals surface area contributed by atoms with Crippen LogP contribution < -0.4 is 5.32 Å². The third-order valence-electron chi connectivity index (χ3n) is 6.03. The molecule has 4 rings (SSSR count). The van der Waals surface area contributed by atoms with Gasteiger partial charge in [-0.05, 0) is 23.3 Å². The molecule has 1 saturated heterocycles. The van der Waals surface area contributed by atoms with Crippen molar-refractivity contribution >= 4 is 17.4 Å². The summed E-state index contributed by atoms with van der Waals surface area (Å²) in [6.07, 6.45) is 0.396. The summed E-state index contributed by atoms with van der Waals surface area (Å²) in [6, 6.07) is 27.8. The first-order valence-electron chi connectivity index (χ1n) is 11.6. The Bertz CT molecular complexity index is 1030. The van der Waals surface area contributed by atoms with E-state index in [0.717, 1.165) is 45.0 Å². The Labute approximate surface area is 196 Å². The first-order chi connectivity index (χ1) is 16.2. The zero-order valence-corrected chi connectivity index (χ0v) is 19.0. The molecule has 0 atom stereocenters. The highest BCUT2D eigenvalue weighted by molar-refractivity contribution is 5.99. The standard InChI is InChI=1S/C28H31N3O2/c32-27(25-9-5-2-6-10-25)15-16-28(33)29-26-13-11-24(12-14-26)22-31-19-17-30(18-20-31)21-23-7-3-1-4-8-23/h1-14H,15-22H2,(H,29,33). The van der Waals surface area contributed by atoms with Crippen LogP contribution in [0.25, 0.3) is 0 Å². The van der Waals surface area contributed by atoms with Crippen LogP contribution in [0, 0.1) is 0 Å². The Kier molecular flexibility index (Phi) is 8.01. The second-order valence-corrected chi connectivity index (χ2v) is 8.57. The largest absolute Gasteiger partial charge is 0.326 e. The van der Waals surface area contributed by atoms with Gasteiger partial charge in [0.25, 0.3) is 0 Å². The third-order valence-corrected chi connectivity index (χ3v) is 6.03. The van der Waals surface area contributed by atoms with Crippen molar-refractivity contribution < 1.29 is 9.59 Å². The summed E-state index contributed by atoms with van der Waals surface area (Å²) in [5.41, 5.74) is 4.02. The molecule has 0 radical (unpaired) electrons. The van der Waals surface area contributed by atoms with Gasteiger partial charge in [-0.25, -0.2) is 0 Å². The summed E-state index contributed by atoms with van der Waals surface area (Å²) in [5.74, 6) is -0.147. The fourth-order valence-corrected chi connectivity index (χ4v) is 4.12. The average Bonchev–Trinajstić information content (AvgIpc) is 2.86. The summed E-state index contributed by atoms with van der Waals surface area (Å²) < 4.78 is 0. The Morgan fingerprint density at radius 2 is 1.15 bits per heavy atom. The molecule has 5 heteroatoms. The first-order valence-corrected chi connectivity index (χ1v) is 11.6. The molecule has 3 aromatic rings. The molecule has 1 heterocycles. The zero-order chi connectivity index (χ0) is 22.9. The Balaban J connectivity index is 1.18. The van der Waals surface area contributed by atoms with Crippen LogP contribution in [-0.4, -0.2) is 47.7 Å². The third kappa shape index (κ3) is 7.11. The van der Waals surface area contributed by atoms with Crippen LogP contribution >= 0.6 is 0 Å². The van der Waals surface area contributed by atoms with Crippen molar-refractivity contribution in [1.82, 2.24) is 9.80 Å². The van der Waals surface area contributed by atoms with Gasteiger partial charge in [-0.1, -0.05) is 72.8 Å². The lowest BCUT2D eigenvalue weighted by atomic mass is 10.1. The van der Waals surface area contributed by atoms with Gasteiger partial charge in [-0.2, -0.15) is 0 Å². The van der Waals surface area contributed by atoms with Crippen LogP contribution in [0.2, 0.25) is 0 Å². The van der Waals surface area contributed by atoms with E-state index in [9.17, 15) is 9.59 Å². The van der Waals surface area contributed by atoms with E-state index in [4.69, 9.17) is 0 Å². The predicted molar refractivity (Wildman–Crippen MR) is 132 cm³/mol. The number of nitrogens with zero attached hydrogens (tertiary/aromatic N) is 2. The molecule has 1 aliphatic heterocycles. The van der Waals surface area contributed by atoms with E-state index in [0.29, 0.717) is 5.56 Å². The average molecular weight is 442 g/mol. The highest BCUT2D eigenvalue weighted by atomic mass is 16.2. The summed E-state index contributed by atoms with van der Waals surface area (Å²) in [7, 11) is 0. The van der Waals surface area contributed by atoms with E-state index in [1.54, 1.807) is 12.1 Å². The summed E-state index contributed by atoms with van der Waals surface area (Å²) >= 11 is 0. The van der Waals surface area contributed by atoms with Crippen molar-refractivity contribution in [1.29, 1.82) is 0 Å². The SMILES string of the molecule is O=C(CCC(=O)c1ccccc1)Nc1ccc(CN2CCN(Cc3ccccc3)CC2)cc1. The lowest BCUT2D eigenvalue weighted by Crippen LogP contribution is -2.45. The molecule has 0 spiro atoms. The maximum absolute atomic E-state index is 12.2. The molecule has 170 valence electrons. The van der Waals surface area contributed by atoms with Crippen LogP contribution in [0.3, 0.4) is 0 Å². The normalized spacial score (nSPS) is 14.7. The molecule has 3 aromatic carbocycles. The van der Waals surface area contributed by atoms with Crippen molar-refractivity contribution in [2.24, 2.45) is 0 Å². The van der Waals surface area contributed by atoms with E-state index in [1.165, 1.54) is 11.1 Å². The number of hydrogen-bond acceptors (Lipinski definition) is 4. The number of rotatable bonds is 9. The minimum Gasteiger partial charge on any atom is -0.326 e. The zero-order valence-electron chi connectivity index (χ0n) is 19.0. The molecule has 0 aliphatic carbocycles. The van der Waals surface area contributed by atoms with Gasteiger partial charge in [0.2, 0.25) is 5.91 Å². The van der Waals surface area contributed by atoms with Gasteiger partial charge >= 0.3 is 0 Å². The summed E-state index contributed by atoms with van der Waals surface area (Å²) in [5, 5.41) is 2.90. The molecular weight excluding hydrogens is 410 g/mol. The molecule has 1 fully saturated rings. The van der Waals surface area contributed by atoms with E-state index in [2.05, 4.69) is 57.6 Å². The minimum atomic E-state index is -0.137. The number of amides is 1. The maximum Gasteiger partial charge on any atom is 0.224 e. The highest BCUT2D eigenvalue weighted by Crippen LogP contribution is 2.15. The van der Waals surface area contributed by atoms with Crippen LogP contribution in [0.15, 0.2) is 84.9 Å². The van der Waals surface area contributed by atoms with Crippen molar-refractivity contribution in [2.45, 2.75) is 25.9 Å². The van der Waals surface area contributed by atoms with Gasteiger partial charge in [-0.3, -0.25) is 19.4 Å². The van der Waals surface area contributed by atoms with Gasteiger partial charge < -0.3 is 5.32 Å². The minimum absolute atomic E-state index is 0.00929. The van der Waals surface area contributed by atoms with E-state index >= 15 is 0 Å². The fraction of sp³-hybridized carbons (Fsp3) is 0.286. The van der Waals surface area contributed by atoms with E-state index < -0.39 is 0 Å². The number of carbonyl (C=O) groups excluding carboxylic acids is 2. The summed E-state index contributed by atoms with van der Waals surface area (Å²) in [4.78, 5) is 29.4.